The van der Waals surface area contributed by atoms with E-state index in [-0.39, 0.29) is 83.0 Å². The zero-order chi connectivity index (χ0) is 15.6. The van der Waals surface area contributed by atoms with Crippen LogP contribution in [0.2, 0.25) is 0 Å². The predicted octanol–water partition coefficient (Wildman–Crippen LogP) is -8.50. The molecule has 0 saturated carbocycles. The summed E-state index contributed by atoms with van der Waals surface area (Å²) in [7, 11) is -5.23. The molecule has 0 saturated heterocycles. The Morgan fingerprint density at radius 1 is 1.30 bits per heavy atom. The van der Waals surface area contributed by atoms with E-state index in [1.54, 1.807) is 4.57 Å². The summed E-state index contributed by atoms with van der Waals surface area (Å²) in [5.41, 5.74) is 0.140. The number of hydrogen-bond donors (Lipinski definition) is 3. The first-order valence-electron chi connectivity index (χ1n) is 6.07. The van der Waals surface area contributed by atoms with Crippen LogP contribution in [-0.4, -0.2) is 41.7 Å². The van der Waals surface area contributed by atoms with E-state index in [1.807, 2.05) is 0 Å². The fourth-order valence-electron chi connectivity index (χ4n) is 1.89. The van der Waals surface area contributed by atoms with Gasteiger partial charge in [-0.15, -0.1) is 0 Å². The topological polar surface area (TPSA) is 167 Å². The van der Waals surface area contributed by atoms with Gasteiger partial charge in [0, 0.05) is 6.54 Å². The second-order valence-corrected chi connectivity index (χ2v) is 6.11. The van der Waals surface area contributed by atoms with Crippen molar-refractivity contribution in [2.24, 2.45) is 0 Å². The van der Waals surface area contributed by atoms with Crippen LogP contribution in [0.3, 0.4) is 0 Å². The summed E-state index contributed by atoms with van der Waals surface area (Å²) >= 11 is 0. The molecule has 3 N–H and O–H groups in total. The number of nitrogens with zero attached hydrogens (tertiary/aromatic N) is 3. The van der Waals surface area contributed by atoms with Gasteiger partial charge in [0.15, 0.2) is 11.2 Å². The molecule has 0 spiro atoms. The Balaban J connectivity index is 0.00000242. The molecule has 13 heteroatoms. The largest absolute Gasteiger partial charge is 1.00 e. The van der Waals surface area contributed by atoms with Crippen LogP contribution in [-0.2, 0) is 11.1 Å². The quantitative estimate of drug-likeness (QED) is 0.336. The number of hydrogen-bond acceptors (Lipinski definition) is 8. The summed E-state index contributed by atoms with van der Waals surface area (Å²) in [5, 5.41) is 18.5. The summed E-state index contributed by atoms with van der Waals surface area (Å²) in [6.45, 7) is 0.290. The van der Waals surface area contributed by atoms with E-state index in [0.717, 1.165) is 0 Å². The summed E-state index contributed by atoms with van der Waals surface area (Å²) < 4.78 is 12.1. The first-order chi connectivity index (χ1) is 9.80. The molecule has 0 aromatic carbocycles. The van der Waals surface area contributed by atoms with Crippen molar-refractivity contribution in [1.29, 1.82) is 0 Å². The van der Waals surface area contributed by atoms with Gasteiger partial charge in [0.25, 0.3) is 5.56 Å². The van der Waals surface area contributed by atoms with Crippen molar-refractivity contribution in [3.63, 3.8) is 0 Å². The van der Waals surface area contributed by atoms with Gasteiger partial charge in [0.1, 0.15) is 5.85 Å². The Hall–Kier alpha value is 0.420. The molecule has 10 nitrogen and oxygen atoms in total. The second kappa shape index (κ2) is 9.79. The minimum atomic E-state index is -5.23. The van der Waals surface area contributed by atoms with Crippen LogP contribution >= 0.6 is 7.60 Å². The van der Waals surface area contributed by atoms with E-state index < -0.39 is 19.5 Å². The number of aromatic amines is 1. The van der Waals surface area contributed by atoms with Gasteiger partial charge in [-0.1, -0.05) is 0 Å². The molecule has 2 unspecified atom stereocenters. The van der Waals surface area contributed by atoms with E-state index in [0.29, 0.717) is 12.2 Å². The van der Waals surface area contributed by atoms with Gasteiger partial charge in [-0.3, -0.25) is 4.79 Å². The summed E-state index contributed by atoms with van der Waals surface area (Å²) in [4.78, 5) is 42.8. The average Bonchev–Trinajstić information content (AvgIpc) is 2.81. The fraction of sp³-hybridized carbons (Fsp3) is 0.500. The number of rotatable bonds is 6. The van der Waals surface area contributed by atoms with Crippen LogP contribution < -0.4 is 74.5 Å². The van der Waals surface area contributed by atoms with Crippen molar-refractivity contribution >= 4 is 18.8 Å². The second-order valence-electron chi connectivity index (χ2n) is 4.50. The minimum Gasteiger partial charge on any atom is -0.809 e. The number of fused-ring (bicyclic) bond motifs is 1. The number of aliphatic hydroxyl groups is 2. The standard InChI is InChI=1S/C10H15N4O6P.2Na/c15-6(10(17)21(18,19)20)2-1-3-14-5-13-7-8(14)11-4-12-9(7)16;;/h4-6,10,15,17H,1-3H2,(H,11,12,16)(H2,18,19,20);;/q;2*+1/p-2. The maximum Gasteiger partial charge on any atom is 1.00 e. The van der Waals surface area contributed by atoms with Crippen molar-refractivity contribution in [3.8, 4) is 0 Å². The molecule has 2 heterocycles. The van der Waals surface area contributed by atoms with Gasteiger partial charge in [-0.2, -0.15) is 0 Å². The third kappa shape index (κ3) is 6.02. The minimum absolute atomic E-state index is 0. The molecular weight excluding hydrogens is 349 g/mol. The number of aryl methyl sites for hydroxylation is 1. The summed E-state index contributed by atoms with van der Waals surface area (Å²) in [6, 6.07) is 0. The SMILES string of the molecule is O=c1[nH]cnc2c1ncn2CCCC(O)C(O)P(=O)([O-])[O-].[Na+].[Na+]. The number of H-pyrrole nitrogens is 1. The molecular formula is C10H13N4Na2O6P. The number of aromatic nitrogens is 4. The van der Waals surface area contributed by atoms with Crippen molar-refractivity contribution in [2.45, 2.75) is 31.3 Å². The van der Waals surface area contributed by atoms with Crippen LogP contribution in [0.25, 0.3) is 11.2 Å². The Morgan fingerprint density at radius 3 is 2.57 bits per heavy atom. The van der Waals surface area contributed by atoms with Crippen LogP contribution in [0, 0.1) is 0 Å². The molecule has 2 atom stereocenters. The average molecular weight is 362 g/mol. The number of aliphatic hydroxyl groups excluding tert-OH is 2. The first-order valence-corrected chi connectivity index (χ1v) is 7.68. The molecule has 2 aromatic heterocycles. The van der Waals surface area contributed by atoms with Crippen molar-refractivity contribution in [2.75, 3.05) is 0 Å². The molecule has 0 aliphatic carbocycles. The van der Waals surface area contributed by atoms with E-state index in [1.165, 1.54) is 12.7 Å². The Labute approximate surface area is 175 Å². The summed E-state index contributed by atoms with van der Waals surface area (Å²) in [5.74, 6) is -2.32. The molecule has 116 valence electrons. The first kappa shape index (κ1) is 23.4. The normalized spacial score (nSPS) is 13.9. The number of imidazole rings is 1. The Morgan fingerprint density at radius 2 is 1.96 bits per heavy atom. The van der Waals surface area contributed by atoms with Gasteiger partial charge >= 0.3 is 59.1 Å². The van der Waals surface area contributed by atoms with Gasteiger partial charge in [0.05, 0.1) is 18.8 Å². The van der Waals surface area contributed by atoms with Crippen LogP contribution in [0.5, 0.6) is 0 Å². The van der Waals surface area contributed by atoms with E-state index in [4.69, 9.17) is 5.11 Å². The van der Waals surface area contributed by atoms with E-state index in [9.17, 15) is 24.3 Å². The predicted molar refractivity (Wildman–Crippen MR) is 67.0 cm³/mol. The van der Waals surface area contributed by atoms with E-state index >= 15 is 0 Å². The third-order valence-corrected chi connectivity index (χ3v) is 3.97. The van der Waals surface area contributed by atoms with Crippen molar-refractivity contribution < 1.29 is 83.7 Å². The maximum atomic E-state index is 11.4. The van der Waals surface area contributed by atoms with Gasteiger partial charge in [-0.05, 0) is 20.4 Å². The molecule has 2 rings (SSSR count). The maximum absolute atomic E-state index is 11.4. The molecule has 2 aromatic rings. The van der Waals surface area contributed by atoms with Gasteiger partial charge < -0.3 is 34.1 Å². The van der Waals surface area contributed by atoms with Crippen molar-refractivity contribution in [3.05, 3.63) is 23.0 Å². The molecule has 0 aliphatic rings. The third-order valence-electron chi connectivity index (χ3n) is 2.97. The monoisotopic (exact) mass is 362 g/mol. The Kier molecular flexibility index (Phi) is 9.97. The zero-order valence-electron chi connectivity index (χ0n) is 12.7. The fourth-order valence-corrected chi connectivity index (χ4v) is 2.46. The smallest absolute Gasteiger partial charge is 0.809 e. The molecule has 0 bridgehead atoms. The van der Waals surface area contributed by atoms with Gasteiger partial charge in [-0.25, -0.2) is 9.97 Å². The molecule has 0 radical (unpaired) electrons. The van der Waals surface area contributed by atoms with E-state index in [2.05, 4.69) is 15.0 Å². The van der Waals surface area contributed by atoms with Crippen LogP contribution in [0.4, 0.5) is 0 Å². The molecule has 23 heavy (non-hydrogen) atoms. The number of nitrogens with one attached hydrogen (secondary N) is 1. The zero-order valence-corrected chi connectivity index (χ0v) is 17.6. The van der Waals surface area contributed by atoms with Crippen LogP contribution in [0.15, 0.2) is 17.4 Å². The van der Waals surface area contributed by atoms with Crippen molar-refractivity contribution in [1.82, 2.24) is 19.5 Å². The molecule has 0 fully saturated rings. The van der Waals surface area contributed by atoms with Crippen LogP contribution in [0.1, 0.15) is 12.8 Å². The van der Waals surface area contributed by atoms with Gasteiger partial charge in [0.2, 0.25) is 0 Å². The summed E-state index contributed by atoms with van der Waals surface area (Å²) in [6.07, 6.45) is 1.13. The molecule has 0 aliphatic heterocycles. The Bertz CT molecular complexity index is 731. The molecule has 0 amide bonds.